The van der Waals surface area contributed by atoms with E-state index in [1.165, 1.54) is 35.1 Å². The minimum absolute atomic E-state index is 0.0486. The van der Waals surface area contributed by atoms with Gasteiger partial charge in [0.25, 0.3) is 10.0 Å². The number of benzene rings is 1. The highest BCUT2D eigenvalue weighted by molar-refractivity contribution is 7.92. The molecule has 0 radical (unpaired) electrons. The molecule has 1 atom stereocenters. The molecule has 0 spiro atoms. The lowest BCUT2D eigenvalue weighted by molar-refractivity contribution is 0.101. The van der Waals surface area contributed by atoms with Crippen molar-refractivity contribution in [3.05, 3.63) is 51.4 Å². The normalized spacial score (nSPS) is 18.0. The molecule has 2 aliphatic rings. The Morgan fingerprint density at radius 1 is 1.07 bits per heavy atom. The van der Waals surface area contributed by atoms with E-state index in [1.54, 1.807) is 0 Å². The van der Waals surface area contributed by atoms with E-state index in [2.05, 4.69) is 22.2 Å². The molecule has 1 unspecified atom stereocenters. The average Bonchev–Trinajstić information content (AvgIpc) is 3.32. The first kappa shape index (κ1) is 18.2. The van der Waals surface area contributed by atoms with E-state index in [1.807, 2.05) is 0 Å². The maximum atomic E-state index is 12.4. The monoisotopic (exact) mass is 404 g/mol. The number of nitrogens with one attached hydrogen (secondary N) is 2. The maximum absolute atomic E-state index is 12.4. The smallest absolute Gasteiger partial charge is 0.329 e. The van der Waals surface area contributed by atoms with E-state index in [0.29, 0.717) is 5.56 Å². The third kappa shape index (κ3) is 3.51. The molecule has 4 rings (SSSR count). The molecule has 6 nitrogen and oxygen atoms in total. The number of hydrogen-bond acceptors (Lipinski definition) is 5. The van der Waals surface area contributed by atoms with Crippen molar-refractivity contribution >= 4 is 33.2 Å². The van der Waals surface area contributed by atoms with Gasteiger partial charge in [-0.15, -0.1) is 11.3 Å². The summed E-state index contributed by atoms with van der Waals surface area (Å²) in [5, 5.41) is 4.26. The van der Waals surface area contributed by atoms with E-state index < -0.39 is 16.1 Å². The molecule has 1 heterocycles. The summed E-state index contributed by atoms with van der Waals surface area (Å²) in [7, 11) is -4.00. The lowest BCUT2D eigenvalue weighted by Crippen LogP contribution is -2.40. The number of carbonyl (C=O) groups is 2. The minimum atomic E-state index is -4.00. The van der Waals surface area contributed by atoms with E-state index in [0.717, 1.165) is 49.0 Å². The molecule has 0 saturated heterocycles. The molecule has 1 aromatic heterocycles. The number of Topliss-reactive ketones (excluding diaryl/α,β-unsaturated/α-hetero) is 1. The minimum Gasteiger partial charge on any atom is -0.330 e. The van der Waals surface area contributed by atoms with E-state index >= 15 is 0 Å². The van der Waals surface area contributed by atoms with Crippen LogP contribution >= 0.6 is 11.3 Å². The average molecular weight is 405 g/mol. The molecule has 0 fully saturated rings. The molecule has 2 aliphatic carbocycles. The first-order chi connectivity index (χ1) is 12.8. The number of hydrogen-bond donors (Lipinski definition) is 2. The maximum Gasteiger partial charge on any atom is 0.329 e. The molecule has 2 N–H and O–H groups in total. The summed E-state index contributed by atoms with van der Waals surface area (Å²) in [5.74, 6) is -0.216. The summed E-state index contributed by atoms with van der Waals surface area (Å²) in [5.41, 5.74) is 5.40. The van der Waals surface area contributed by atoms with Crippen LogP contribution in [0.15, 0.2) is 27.8 Å². The Hall–Kier alpha value is -2.19. The summed E-state index contributed by atoms with van der Waals surface area (Å²) in [6.45, 7) is 1.37. The molecule has 2 aromatic rings. The van der Waals surface area contributed by atoms with Crippen molar-refractivity contribution in [3.63, 3.8) is 0 Å². The van der Waals surface area contributed by atoms with Crippen LogP contribution in [0.1, 0.15) is 58.4 Å². The molecule has 142 valence electrons. The molecule has 8 heteroatoms. The van der Waals surface area contributed by atoms with E-state index in [-0.39, 0.29) is 16.0 Å². The predicted molar refractivity (Wildman–Crippen MR) is 103 cm³/mol. The Morgan fingerprint density at radius 2 is 1.81 bits per heavy atom. The fourth-order valence-corrected chi connectivity index (χ4v) is 5.98. The number of ketones is 1. The van der Waals surface area contributed by atoms with Crippen LogP contribution in [-0.2, 0) is 29.3 Å². The van der Waals surface area contributed by atoms with Gasteiger partial charge in [0.05, 0.1) is 6.04 Å². The largest absolute Gasteiger partial charge is 0.330 e. The van der Waals surface area contributed by atoms with Gasteiger partial charge >= 0.3 is 6.03 Å². The first-order valence-corrected chi connectivity index (χ1v) is 11.3. The Morgan fingerprint density at radius 3 is 2.52 bits per heavy atom. The predicted octanol–water partition coefficient (Wildman–Crippen LogP) is 3.11. The van der Waals surface area contributed by atoms with Crippen LogP contribution in [0, 0.1) is 0 Å². The Bertz CT molecular complexity index is 1040. The van der Waals surface area contributed by atoms with Crippen molar-refractivity contribution in [2.24, 2.45) is 0 Å². The zero-order valence-electron chi connectivity index (χ0n) is 14.9. The van der Waals surface area contributed by atoms with Gasteiger partial charge in [-0.2, -0.15) is 0 Å². The van der Waals surface area contributed by atoms with Gasteiger partial charge in [-0.1, -0.05) is 12.1 Å². The molecular weight excluding hydrogens is 384 g/mol. The number of sulfonamides is 1. The number of rotatable bonds is 4. The van der Waals surface area contributed by atoms with Gasteiger partial charge in [0, 0.05) is 10.9 Å². The number of urea groups is 1. The van der Waals surface area contributed by atoms with Gasteiger partial charge in [0.15, 0.2) is 5.78 Å². The number of fused-ring (bicyclic) bond motifs is 2. The van der Waals surface area contributed by atoms with Crippen LogP contribution in [0.5, 0.6) is 0 Å². The summed E-state index contributed by atoms with van der Waals surface area (Å²) in [6, 6.07) is 4.77. The second-order valence-corrected chi connectivity index (χ2v) is 9.87. The van der Waals surface area contributed by atoms with Gasteiger partial charge < -0.3 is 5.32 Å². The Kier molecular flexibility index (Phi) is 4.55. The Balaban J connectivity index is 1.47. The lowest BCUT2D eigenvalue weighted by Gasteiger charge is -2.15. The number of amides is 2. The number of thiophene rings is 1. The molecule has 0 bridgehead atoms. The van der Waals surface area contributed by atoms with Crippen LogP contribution in [0.25, 0.3) is 0 Å². The van der Waals surface area contributed by atoms with Crippen molar-refractivity contribution in [2.45, 2.75) is 49.3 Å². The van der Waals surface area contributed by atoms with Crippen molar-refractivity contribution in [1.29, 1.82) is 0 Å². The van der Waals surface area contributed by atoms with E-state index in [9.17, 15) is 18.0 Å². The fourth-order valence-electron chi connectivity index (χ4n) is 3.84. The van der Waals surface area contributed by atoms with Crippen LogP contribution in [0.2, 0.25) is 0 Å². The quantitative estimate of drug-likeness (QED) is 0.766. The topological polar surface area (TPSA) is 92.3 Å². The highest BCUT2D eigenvalue weighted by atomic mass is 32.2. The third-order valence-electron chi connectivity index (χ3n) is 5.21. The highest BCUT2D eigenvalue weighted by Gasteiger charge is 2.28. The zero-order valence-corrected chi connectivity index (χ0v) is 16.5. The molecule has 2 amide bonds. The van der Waals surface area contributed by atoms with Crippen LogP contribution in [-0.4, -0.2) is 20.2 Å². The summed E-state index contributed by atoms with van der Waals surface area (Å²) < 4.78 is 26.8. The summed E-state index contributed by atoms with van der Waals surface area (Å²) in [6.07, 6.45) is 4.99. The number of aryl methyl sites for hydroxylation is 3. The fraction of sp³-hybridized carbons (Fsp3) is 0.368. The standard InChI is InChI=1S/C19H20N2O4S2/c1-11(22)15-9-18(26-10-15)27(24,25)21-19(23)20-17-6-5-14-7-12-3-2-4-13(12)8-16(14)17/h7-10,17H,2-6H2,1H3,(H2,20,21,23). The van der Waals surface area contributed by atoms with Gasteiger partial charge in [-0.25, -0.2) is 17.9 Å². The molecule has 27 heavy (non-hydrogen) atoms. The zero-order chi connectivity index (χ0) is 19.2. The highest BCUT2D eigenvalue weighted by Crippen LogP contribution is 2.36. The molecule has 0 saturated carbocycles. The summed E-state index contributed by atoms with van der Waals surface area (Å²) in [4.78, 5) is 23.7. The van der Waals surface area contributed by atoms with E-state index in [4.69, 9.17) is 0 Å². The van der Waals surface area contributed by atoms with Crippen LogP contribution < -0.4 is 10.0 Å². The van der Waals surface area contributed by atoms with Crippen molar-refractivity contribution < 1.29 is 18.0 Å². The lowest BCUT2D eigenvalue weighted by atomic mass is 10.0. The van der Waals surface area contributed by atoms with Crippen molar-refractivity contribution in [1.82, 2.24) is 10.0 Å². The summed E-state index contributed by atoms with van der Waals surface area (Å²) >= 11 is 0.920. The van der Waals surface area contributed by atoms with Crippen LogP contribution in [0.4, 0.5) is 4.79 Å². The SMILES string of the molecule is CC(=O)c1csc(S(=O)(=O)NC(=O)NC2CCc3cc4c(cc32)CCC4)c1. The second-order valence-electron chi connectivity index (χ2n) is 7.05. The third-order valence-corrected chi connectivity index (χ3v) is 7.98. The van der Waals surface area contributed by atoms with Gasteiger partial charge in [0.1, 0.15) is 4.21 Å². The Labute approximate surface area is 162 Å². The molecule has 1 aromatic carbocycles. The number of carbonyl (C=O) groups excluding carboxylic acids is 2. The second kappa shape index (κ2) is 6.76. The van der Waals surface area contributed by atoms with Gasteiger partial charge in [-0.05, 0) is 67.3 Å². The van der Waals surface area contributed by atoms with Crippen molar-refractivity contribution in [2.75, 3.05) is 0 Å². The molecule has 0 aliphatic heterocycles. The van der Waals surface area contributed by atoms with Crippen LogP contribution in [0.3, 0.4) is 0 Å². The van der Waals surface area contributed by atoms with Gasteiger partial charge in [-0.3, -0.25) is 4.79 Å². The first-order valence-electron chi connectivity index (χ1n) is 8.91. The molecular formula is C19H20N2O4S2. The van der Waals surface area contributed by atoms with Crippen molar-refractivity contribution in [3.8, 4) is 0 Å². The van der Waals surface area contributed by atoms with Gasteiger partial charge in [0.2, 0.25) is 0 Å².